The smallest absolute Gasteiger partial charge is 0.333 e. The molecule has 0 radical (unpaired) electrons. The predicted molar refractivity (Wildman–Crippen MR) is 99.4 cm³/mol. The van der Waals surface area contributed by atoms with Gasteiger partial charge in [-0.3, -0.25) is 0 Å². The van der Waals surface area contributed by atoms with Crippen LogP contribution >= 0.6 is 0 Å². The van der Waals surface area contributed by atoms with Crippen LogP contribution in [0.2, 0.25) is 0 Å². The first-order valence-corrected chi connectivity index (χ1v) is 8.86. The lowest BCUT2D eigenvalue weighted by atomic mass is 9.98. The summed E-state index contributed by atoms with van der Waals surface area (Å²) in [6.45, 7) is 2.18. The summed E-state index contributed by atoms with van der Waals surface area (Å²) >= 11 is 0. The minimum Gasteiger partial charge on any atom is -0.479 e. The Bertz CT molecular complexity index is 755. The van der Waals surface area contributed by atoms with E-state index in [1.807, 2.05) is 42.5 Å². The number of benzene rings is 2. The molecule has 2 aromatic rings. The number of nitrogens with zero attached hydrogens (tertiary/aromatic N) is 1. The molecule has 0 bridgehead atoms. The van der Waals surface area contributed by atoms with Crippen molar-refractivity contribution in [2.75, 3.05) is 6.61 Å². The summed E-state index contributed by atoms with van der Waals surface area (Å²) in [4.78, 5) is 16.8. The topological polar surface area (TPSA) is 68.1 Å². The number of rotatable bonds is 8. The molecule has 2 aromatic carbocycles. The third-order valence-corrected chi connectivity index (χ3v) is 4.39. The fourth-order valence-corrected chi connectivity index (χ4v) is 3.05. The molecule has 5 heteroatoms. The van der Waals surface area contributed by atoms with E-state index < -0.39 is 12.1 Å². The van der Waals surface area contributed by atoms with Gasteiger partial charge in [-0.25, -0.2) is 4.79 Å². The van der Waals surface area contributed by atoms with Gasteiger partial charge in [-0.1, -0.05) is 59.8 Å². The van der Waals surface area contributed by atoms with Gasteiger partial charge < -0.3 is 14.7 Å². The Kier molecular flexibility index (Phi) is 6.02. The molecule has 0 amide bonds. The molecular formula is C21H23NO4. The number of carboxylic acid groups (broad SMARTS) is 1. The molecule has 2 atom stereocenters. The standard InChI is InChI=1S/C21H23NO4/c1-2-25-20(21(23)24)13-16-8-10-17(11-9-16)19-14-18(26-22-19)12-15-6-4-3-5-7-15/h3-11,18,20H,2,12-14H2,1H3,(H,23,24)/t18?,20-/m0/s1. The number of carboxylic acids is 1. The average Bonchev–Trinajstić information content (AvgIpc) is 3.11. The first-order chi connectivity index (χ1) is 12.7. The predicted octanol–water partition coefficient (Wildman–Crippen LogP) is 3.45. The second-order valence-electron chi connectivity index (χ2n) is 6.34. The van der Waals surface area contributed by atoms with E-state index in [0.717, 1.165) is 29.7 Å². The highest BCUT2D eigenvalue weighted by Gasteiger charge is 2.23. The fraction of sp³-hybridized carbons (Fsp3) is 0.333. The van der Waals surface area contributed by atoms with E-state index in [9.17, 15) is 9.90 Å². The Morgan fingerprint density at radius 1 is 1.19 bits per heavy atom. The Balaban J connectivity index is 1.58. The van der Waals surface area contributed by atoms with Gasteiger partial charge in [0.15, 0.2) is 6.10 Å². The number of carbonyl (C=O) groups is 1. The highest BCUT2D eigenvalue weighted by atomic mass is 16.6. The van der Waals surface area contributed by atoms with Crippen molar-refractivity contribution in [3.63, 3.8) is 0 Å². The molecule has 3 rings (SSSR count). The minimum atomic E-state index is -0.937. The van der Waals surface area contributed by atoms with Gasteiger partial charge in [-0.15, -0.1) is 0 Å². The van der Waals surface area contributed by atoms with Crippen LogP contribution in [0.1, 0.15) is 30.0 Å². The van der Waals surface area contributed by atoms with Gasteiger partial charge in [0.05, 0.1) is 5.71 Å². The monoisotopic (exact) mass is 353 g/mol. The molecule has 0 aliphatic carbocycles. The summed E-state index contributed by atoms with van der Waals surface area (Å²) in [6.07, 6.45) is 1.20. The maximum atomic E-state index is 11.2. The second-order valence-corrected chi connectivity index (χ2v) is 6.34. The number of hydrogen-bond donors (Lipinski definition) is 1. The van der Waals surface area contributed by atoms with Gasteiger partial charge in [0, 0.05) is 25.9 Å². The normalized spacial score (nSPS) is 17.4. The van der Waals surface area contributed by atoms with Crippen LogP contribution in [0.25, 0.3) is 0 Å². The fourth-order valence-electron chi connectivity index (χ4n) is 3.05. The Hall–Kier alpha value is -2.66. The SMILES string of the molecule is CCO[C@@H](Cc1ccc(C2=NOC(Cc3ccccc3)C2)cc1)C(=O)O. The van der Waals surface area contributed by atoms with Crippen molar-refractivity contribution in [2.45, 2.75) is 38.4 Å². The third kappa shape index (κ3) is 4.70. The van der Waals surface area contributed by atoms with Crippen molar-refractivity contribution in [2.24, 2.45) is 5.16 Å². The largest absolute Gasteiger partial charge is 0.479 e. The van der Waals surface area contributed by atoms with Crippen LogP contribution in [0.5, 0.6) is 0 Å². The van der Waals surface area contributed by atoms with Crippen molar-refractivity contribution in [3.8, 4) is 0 Å². The molecule has 5 nitrogen and oxygen atoms in total. The van der Waals surface area contributed by atoms with Crippen LogP contribution in [0, 0.1) is 0 Å². The summed E-state index contributed by atoms with van der Waals surface area (Å²) in [5.74, 6) is -0.937. The van der Waals surface area contributed by atoms with E-state index >= 15 is 0 Å². The van der Waals surface area contributed by atoms with Crippen LogP contribution in [0.3, 0.4) is 0 Å². The zero-order valence-corrected chi connectivity index (χ0v) is 14.8. The van der Waals surface area contributed by atoms with Crippen LogP contribution in [-0.2, 0) is 27.2 Å². The van der Waals surface area contributed by atoms with E-state index in [4.69, 9.17) is 9.57 Å². The summed E-state index contributed by atoms with van der Waals surface area (Å²) in [7, 11) is 0. The third-order valence-electron chi connectivity index (χ3n) is 4.39. The van der Waals surface area contributed by atoms with Gasteiger partial charge >= 0.3 is 5.97 Å². The Labute approximate surface area is 153 Å². The first kappa shape index (κ1) is 18.1. The van der Waals surface area contributed by atoms with Gasteiger partial charge in [-0.2, -0.15) is 0 Å². The molecule has 1 unspecified atom stereocenters. The van der Waals surface area contributed by atoms with Crippen molar-refractivity contribution in [1.82, 2.24) is 0 Å². The summed E-state index contributed by atoms with van der Waals surface area (Å²) in [6, 6.07) is 18.0. The second kappa shape index (κ2) is 8.63. The Morgan fingerprint density at radius 2 is 1.92 bits per heavy atom. The lowest BCUT2D eigenvalue weighted by Gasteiger charge is -2.12. The van der Waals surface area contributed by atoms with Crippen molar-refractivity contribution < 1.29 is 19.5 Å². The van der Waals surface area contributed by atoms with Crippen LogP contribution in [0.15, 0.2) is 59.8 Å². The molecule has 26 heavy (non-hydrogen) atoms. The van der Waals surface area contributed by atoms with E-state index in [1.54, 1.807) is 6.92 Å². The highest BCUT2D eigenvalue weighted by Crippen LogP contribution is 2.21. The number of ether oxygens (including phenoxy) is 1. The zero-order chi connectivity index (χ0) is 18.4. The lowest BCUT2D eigenvalue weighted by molar-refractivity contribution is -0.149. The molecule has 0 aromatic heterocycles. The summed E-state index contributed by atoms with van der Waals surface area (Å²) in [5, 5.41) is 13.4. The molecule has 136 valence electrons. The number of oxime groups is 1. The van der Waals surface area contributed by atoms with Crippen LogP contribution in [-0.4, -0.2) is 35.6 Å². The molecule has 1 heterocycles. The van der Waals surface area contributed by atoms with Gasteiger partial charge in [-0.05, 0) is 23.6 Å². The zero-order valence-electron chi connectivity index (χ0n) is 14.8. The minimum absolute atomic E-state index is 0.0569. The summed E-state index contributed by atoms with van der Waals surface area (Å²) < 4.78 is 5.26. The molecule has 0 saturated carbocycles. The first-order valence-electron chi connectivity index (χ1n) is 8.86. The highest BCUT2D eigenvalue weighted by molar-refractivity contribution is 6.01. The molecule has 0 spiro atoms. The van der Waals surface area contributed by atoms with Gasteiger partial charge in [0.25, 0.3) is 0 Å². The van der Waals surface area contributed by atoms with E-state index in [2.05, 4.69) is 17.3 Å². The van der Waals surface area contributed by atoms with Crippen molar-refractivity contribution >= 4 is 11.7 Å². The van der Waals surface area contributed by atoms with Gasteiger partial charge in [0.2, 0.25) is 0 Å². The lowest BCUT2D eigenvalue weighted by Crippen LogP contribution is -2.26. The average molecular weight is 353 g/mol. The quantitative estimate of drug-likeness (QED) is 0.789. The van der Waals surface area contributed by atoms with E-state index in [-0.39, 0.29) is 6.10 Å². The summed E-state index contributed by atoms with van der Waals surface area (Å²) in [5.41, 5.74) is 4.10. The van der Waals surface area contributed by atoms with Crippen LogP contribution in [0.4, 0.5) is 0 Å². The number of aliphatic carboxylic acids is 1. The molecule has 1 N–H and O–H groups in total. The van der Waals surface area contributed by atoms with Gasteiger partial charge in [0.1, 0.15) is 6.10 Å². The van der Waals surface area contributed by atoms with E-state index in [0.29, 0.717) is 13.0 Å². The van der Waals surface area contributed by atoms with E-state index in [1.165, 1.54) is 5.56 Å². The maximum absolute atomic E-state index is 11.2. The molecule has 1 aliphatic heterocycles. The van der Waals surface area contributed by atoms with Crippen LogP contribution < -0.4 is 0 Å². The molecule has 0 saturated heterocycles. The maximum Gasteiger partial charge on any atom is 0.333 e. The Morgan fingerprint density at radius 3 is 2.58 bits per heavy atom. The molecule has 1 aliphatic rings. The molecular weight excluding hydrogens is 330 g/mol. The molecule has 0 fully saturated rings. The van der Waals surface area contributed by atoms with Crippen molar-refractivity contribution in [1.29, 1.82) is 0 Å². The van der Waals surface area contributed by atoms with Crippen molar-refractivity contribution in [3.05, 3.63) is 71.3 Å². The number of hydrogen-bond acceptors (Lipinski definition) is 4.